The molecule has 1 aromatic heterocycles. The summed E-state index contributed by atoms with van der Waals surface area (Å²) in [7, 11) is 0. The maximum atomic E-state index is 9.93. The van der Waals surface area contributed by atoms with Crippen LogP contribution in [0.2, 0.25) is 0 Å². The Hall–Kier alpha value is -2.93. The van der Waals surface area contributed by atoms with Gasteiger partial charge in [0.25, 0.3) is 0 Å². The molecule has 6 nitrogen and oxygen atoms in total. The molecule has 2 aromatic carbocycles. The summed E-state index contributed by atoms with van der Waals surface area (Å²) in [6.45, 7) is 1.10. The Kier molecular flexibility index (Phi) is 3.62. The minimum atomic E-state index is -0.00817. The Morgan fingerprint density at radius 3 is 2.67 bits per heavy atom. The van der Waals surface area contributed by atoms with Crippen LogP contribution in [0.25, 0.3) is 11.3 Å². The molecule has 0 radical (unpaired) electrons. The molecule has 0 saturated heterocycles. The van der Waals surface area contributed by atoms with Crippen molar-refractivity contribution in [1.29, 1.82) is 0 Å². The minimum Gasteiger partial charge on any atom is -0.508 e. The molecule has 7 heteroatoms. The van der Waals surface area contributed by atoms with Gasteiger partial charge in [-0.2, -0.15) is 0 Å². The summed E-state index contributed by atoms with van der Waals surface area (Å²) in [5.41, 5.74) is 2.05. The summed E-state index contributed by atoms with van der Waals surface area (Å²) in [4.78, 5) is 4.47. The minimum absolute atomic E-state index is 0.00817. The van der Waals surface area contributed by atoms with Gasteiger partial charge in [0.1, 0.15) is 24.7 Å². The summed E-state index contributed by atoms with van der Waals surface area (Å²) in [5, 5.41) is 25.0. The van der Waals surface area contributed by atoms with Gasteiger partial charge in [-0.25, -0.2) is 4.98 Å². The fourth-order valence-electron chi connectivity index (χ4n) is 2.44. The summed E-state index contributed by atoms with van der Waals surface area (Å²) >= 11 is 1.42. The summed E-state index contributed by atoms with van der Waals surface area (Å²) in [6.07, 6.45) is 0. The summed E-state index contributed by atoms with van der Waals surface area (Å²) in [5.74, 6) is 1.45. The van der Waals surface area contributed by atoms with E-state index >= 15 is 0 Å². The van der Waals surface area contributed by atoms with Crippen LogP contribution < -0.4 is 14.8 Å². The first-order chi connectivity index (χ1) is 11.7. The lowest BCUT2D eigenvalue weighted by atomic mass is 10.1. The molecule has 1 aliphatic rings. The second kappa shape index (κ2) is 5.93. The third-order valence-electron chi connectivity index (χ3n) is 3.55. The van der Waals surface area contributed by atoms with Crippen molar-refractivity contribution in [2.45, 2.75) is 0 Å². The first-order valence-electron chi connectivity index (χ1n) is 7.33. The Balaban J connectivity index is 1.57. The molecule has 24 heavy (non-hydrogen) atoms. The van der Waals surface area contributed by atoms with Crippen LogP contribution in [0.3, 0.4) is 0 Å². The van der Waals surface area contributed by atoms with E-state index in [-0.39, 0.29) is 11.5 Å². The predicted octanol–water partition coefficient (Wildman–Crippen LogP) is 3.74. The van der Waals surface area contributed by atoms with Gasteiger partial charge in [-0.3, -0.25) is 0 Å². The van der Waals surface area contributed by atoms with E-state index in [4.69, 9.17) is 9.47 Å². The van der Waals surface area contributed by atoms with Gasteiger partial charge in [0.15, 0.2) is 16.6 Å². The molecule has 0 aliphatic carbocycles. The number of aromatic hydroxyl groups is 2. The second-order valence-corrected chi connectivity index (χ2v) is 6.08. The zero-order chi connectivity index (χ0) is 16.5. The summed E-state index contributed by atoms with van der Waals surface area (Å²) in [6, 6.07) is 10.1. The van der Waals surface area contributed by atoms with Crippen molar-refractivity contribution < 1.29 is 19.7 Å². The van der Waals surface area contributed by atoms with Gasteiger partial charge in [0.05, 0.1) is 5.69 Å². The first-order valence-corrected chi connectivity index (χ1v) is 8.21. The molecule has 4 rings (SSSR count). The molecule has 122 valence electrons. The van der Waals surface area contributed by atoms with E-state index in [9.17, 15) is 10.2 Å². The third kappa shape index (κ3) is 2.81. The van der Waals surface area contributed by atoms with Gasteiger partial charge in [-0.05, 0) is 24.3 Å². The monoisotopic (exact) mass is 342 g/mol. The van der Waals surface area contributed by atoms with Crippen LogP contribution in [0.1, 0.15) is 0 Å². The highest BCUT2D eigenvalue weighted by Gasteiger charge is 2.13. The maximum absolute atomic E-state index is 9.93. The molecular weight excluding hydrogens is 328 g/mol. The third-order valence-corrected chi connectivity index (χ3v) is 4.31. The van der Waals surface area contributed by atoms with E-state index in [2.05, 4.69) is 10.3 Å². The number of rotatable bonds is 3. The lowest BCUT2D eigenvalue weighted by Gasteiger charge is -2.18. The normalized spacial score (nSPS) is 12.8. The van der Waals surface area contributed by atoms with Crippen molar-refractivity contribution in [3.63, 3.8) is 0 Å². The van der Waals surface area contributed by atoms with Crippen molar-refractivity contribution in [3.05, 3.63) is 41.8 Å². The molecule has 0 fully saturated rings. The lowest BCUT2D eigenvalue weighted by molar-refractivity contribution is 0.171. The lowest BCUT2D eigenvalue weighted by Crippen LogP contribution is -2.15. The molecule has 3 N–H and O–H groups in total. The number of aromatic nitrogens is 1. The Labute approximate surface area is 141 Å². The highest BCUT2D eigenvalue weighted by molar-refractivity contribution is 7.14. The van der Waals surface area contributed by atoms with E-state index in [0.717, 1.165) is 11.4 Å². The van der Waals surface area contributed by atoms with Crippen molar-refractivity contribution in [2.75, 3.05) is 18.5 Å². The van der Waals surface area contributed by atoms with Crippen molar-refractivity contribution in [3.8, 4) is 34.3 Å². The first kappa shape index (κ1) is 14.6. The van der Waals surface area contributed by atoms with Gasteiger partial charge < -0.3 is 25.0 Å². The number of ether oxygens (including phenoxy) is 2. The van der Waals surface area contributed by atoms with Crippen LogP contribution in [-0.2, 0) is 0 Å². The van der Waals surface area contributed by atoms with Crippen LogP contribution >= 0.6 is 11.3 Å². The number of hydrogen-bond donors (Lipinski definition) is 3. The average molecular weight is 342 g/mol. The number of fused-ring (bicyclic) bond motifs is 1. The van der Waals surface area contributed by atoms with E-state index in [1.165, 1.54) is 23.5 Å². The number of thiazole rings is 1. The van der Waals surface area contributed by atoms with Crippen molar-refractivity contribution in [2.24, 2.45) is 0 Å². The molecule has 2 heterocycles. The molecule has 0 amide bonds. The molecule has 0 spiro atoms. The van der Waals surface area contributed by atoms with E-state index in [1.54, 1.807) is 6.07 Å². The zero-order valence-corrected chi connectivity index (χ0v) is 13.3. The van der Waals surface area contributed by atoms with Crippen LogP contribution in [-0.4, -0.2) is 28.4 Å². The molecular formula is C17H14N2O4S. The van der Waals surface area contributed by atoms with Crippen LogP contribution in [0, 0.1) is 0 Å². The van der Waals surface area contributed by atoms with Crippen LogP contribution in [0.15, 0.2) is 41.8 Å². The Bertz CT molecular complexity index is 894. The fraction of sp³-hybridized carbons (Fsp3) is 0.118. The number of benzene rings is 2. The van der Waals surface area contributed by atoms with Gasteiger partial charge in [0, 0.05) is 28.8 Å². The van der Waals surface area contributed by atoms with Crippen LogP contribution in [0.5, 0.6) is 23.0 Å². The van der Waals surface area contributed by atoms with E-state index in [1.807, 2.05) is 23.6 Å². The number of nitrogens with zero attached hydrogens (tertiary/aromatic N) is 1. The van der Waals surface area contributed by atoms with Crippen LogP contribution in [0.4, 0.5) is 10.8 Å². The van der Waals surface area contributed by atoms with Gasteiger partial charge in [-0.15, -0.1) is 11.3 Å². The average Bonchev–Trinajstić information content (AvgIpc) is 3.03. The smallest absolute Gasteiger partial charge is 0.187 e. The van der Waals surface area contributed by atoms with Crippen molar-refractivity contribution in [1.82, 2.24) is 4.98 Å². The fourth-order valence-corrected chi connectivity index (χ4v) is 3.17. The SMILES string of the molecule is Oc1ccc(-c2csc(Nc3ccc4c(c3)OCCO4)n2)c(O)c1. The van der Waals surface area contributed by atoms with Gasteiger partial charge in [-0.1, -0.05) is 0 Å². The molecule has 0 saturated carbocycles. The molecule has 3 aromatic rings. The molecule has 0 bridgehead atoms. The van der Waals surface area contributed by atoms with Gasteiger partial charge in [0.2, 0.25) is 0 Å². The maximum Gasteiger partial charge on any atom is 0.187 e. The Morgan fingerprint density at radius 1 is 1.00 bits per heavy atom. The molecule has 1 aliphatic heterocycles. The number of nitrogens with one attached hydrogen (secondary N) is 1. The topological polar surface area (TPSA) is 83.8 Å². The van der Waals surface area contributed by atoms with Crippen molar-refractivity contribution >= 4 is 22.2 Å². The quantitative estimate of drug-likeness (QED) is 0.672. The highest BCUT2D eigenvalue weighted by Crippen LogP contribution is 2.36. The second-order valence-electron chi connectivity index (χ2n) is 5.22. The van der Waals surface area contributed by atoms with E-state index in [0.29, 0.717) is 35.4 Å². The number of hydrogen-bond acceptors (Lipinski definition) is 7. The van der Waals surface area contributed by atoms with Gasteiger partial charge >= 0.3 is 0 Å². The summed E-state index contributed by atoms with van der Waals surface area (Å²) < 4.78 is 11.1. The van der Waals surface area contributed by atoms with E-state index < -0.39 is 0 Å². The predicted molar refractivity (Wildman–Crippen MR) is 91.6 cm³/mol. The largest absolute Gasteiger partial charge is 0.508 e. The standard InChI is InChI=1S/C17H14N2O4S/c20-11-2-3-12(14(21)8-11)13-9-24-17(19-13)18-10-1-4-15-16(7-10)23-6-5-22-15/h1-4,7-9,20-21H,5-6H2,(H,18,19). The number of anilines is 2. The number of phenolic OH excluding ortho intramolecular Hbond substituents is 2. The Morgan fingerprint density at radius 2 is 1.83 bits per heavy atom. The molecule has 0 unspecified atom stereocenters. The zero-order valence-electron chi connectivity index (χ0n) is 12.5. The number of phenols is 2. The molecule has 0 atom stereocenters. The highest BCUT2D eigenvalue weighted by atomic mass is 32.1.